The molecule has 0 aromatic heterocycles. The number of hydrogen-bond donors (Lipinski definition) is 2. The van der Waals surface area contributed by atoms with Crippen LogP contribution in [0.2, 0.25) is 0 Å². The maximum atomic E-state index is 11.8. The highest BCUT2D eigenvalue weighted by atomic mass is 16.4. The highest BCUT2D eigenvalue weighted by Crippen LogP contribution is 2.07. The van der Waals surface area contributed by atoms with E-state index in [9.17, 15) is 14.4 Å². The van der Waals surface area contributed by atoms with E-state index in [2.05, 4.69) is 17.0 Å². The molecular weight excluding hydrogens is 238 g/mol. The fraction of sp³-hybridized carbons (Fsp3) is 0.455. The summed E-state index contributed by atoms with van der Waals surface area (Å²) in [5, 5.41) is 16.1. The second-order valence-electron chi connectivity index (χ2n) is 3.85. The Kier molecular flexibility index (Phi) is 4.59. The minimum Gasteiger partial charge on any atom is -0.480 e. The van der Waals surface area contributed by atoms with Crippen LogP contribution in [0.4, 0.5) is 0 Å². The van der Waals surface area contributed by atoms with Crippen LogP contribution in [0.1, 0.15) is 19.3 Å². The van der Waals surface area contributed by atoms with Crippen LogP contribution in [0.5, 0.6) is 0 Å². The lowest BCUT2D eigenvalue weighted by Gasteiger charge is -2.20. The van der Waals surface area contributed by atoms with Gasteiger partial charge in [0.1, 0.15) is 11.8 Å². The molecule has 2 amide bonds. The molecule has 0 aliphatic carbocycles. The molecule has 7 heteroatoms. The first-order valence-corrected chi connectivity index (χ1v) is 5.44. The number of hydrazone groups is 1. The van der Waals surface area contributed by atoms with Gasteiger partial charge in [0.05, 0.1) is 0 Å². The average Bonchev–Trinajstić information content (AvgIpc) is 2.31. The Labute approximate surface area is 104 Å². The van der Waals surface area contributed by atoms with E-state index in [-0.39, 0.29) is 30.9 Å². The van der Waals surface area contributed by atoms with Crippen molar-refractivity contribution in [2.24, 2.45) is 5.10 Å². The zero-order valence-electron chi connectivity index (χ0n) is 10.0. The molecule has 1 atom stereocenters. The monoisotopic (exact) mass is 253 g/mol. The summed E-state index contributed by atoms with van der Waals surface area (Å²) in [5.41, 5.74) is 0.160. The third kappa shape index (κ3) is 3.41. The minimum atomic E-state index is -1.14. The van der Waals surface area contributed by atoms with Gasteiger partial charge in [-0.15, -0.1) is 6.58 Å². The van der Waals surface area contributed by atoms with E-state index in [4.69, 9.17) is 5.11 Å². The zero-order chi connectivity index (χ0) is 13.7. The smallest absolute Gasteiger partial charge is 0.326 e. The van der Waals surface area contributed by atoms with E-state index in [1.807, 2.05) is 0 Å². The van der Waals surface area contributed by atoms with E-state index >= 15 is 0 Å². The third-order valence-corrected chi connectivity index (χ3v) is 2.48. The van der Waals surface area contributed by atoms with Crippen LogP contribution >= 0.6 is 0 Å². The molecule has 1 rings (SSSR count). The summed E-state index contributed by atoms with van der Waals surface area (Å²) < 4.78 is 0. The Hall–Kier alpha value is -2.18. The van der Waals surface area contributed by atoms with Gasteiger partial charge in [0.15, 0.2) is 0 Å². The maximum absolute atomic E-state index is 11.8. The van der Waals surface area contributed by atoms with Crippen LogP contribution in [-0.2, 0) is 14.4 Å². The molecule has 0 aromatic carbocycles. The summed E-state index contributed by atoms with van der Waals surface area (Å²) >= 11 is 0. The predicted molar refractivity (Wildman–Crippen MR) is 63.8 cm³/mol. The number of nitrogens with one attached hydrogen (secondary N) is 1. The molecule has 0 radical (unpaired) electrons. The molecule has 0 saturated heterocycles. The molecule has 1 unspecified atom stereocenters. The number of aliphatic carboxylic acids is 1. The summed E-state index contributed by atoms with van der Waals surface area (Å²) in [6, 6.07) is -1.03. The normalized spacial score (nSPS) is 16.8. The number of carbonyl (C=O) groups is 3. The van der Waals surface area contributed by atoms with Crippen molar-refractivity contribution >= 4 is 23.5 Å². The van der Waals surface area contributed by atoms with Crippen LogP contribution in [-0.4, -0.2) is 46.7 Å². The molecular formula is C11H15N3O4. The largest absolute Gasteiger partial charge is 0.480 e. The van der Waals surface area contributed by atoms with Gasteiger partial charge in [-0.25, -0.2) is 9.80 Å². The van der Waals surface area contributed by atoms with Crippen LogP contribution in [0.3, 0.4) is 0 Å². The molecule has 1 heterocycles. The molecule has 98 valence electrons. The number of carboxylic acids is 1. The molecule has 0 fully saturated rings. The van der Waals surface area contributed by atoms with Crippen LogP contribution in [0.15, 0.2) is 17.8 Å². The number of hydrogen-bond acceptors (Lipinski definition) is 4. The topological polar surface area (TPSA) is 99.1 Å². The first-order chi connectivity index (χ1) is 8.45. The minimum absolute atomic E-state index is 0.128. The molecule has 1 aliphatic rings. The summed E-state index contributed by atoms with van der Waals surface area (Å²) in [6.45, 7) is 3.43. The quantitative estimate of drug-likeness (QED) is 0.659. The van der Waals surface area contributed by atoms with E-state index in [1.165, 1.54) is 13.1 Å². The van der Waals surface area contributed by atoms with Crippen LogP contribution in [0.25, 0.3) is 0 Å². The molecule has 0 bridgehead atoms. The second-order valence-corrected chi connectivity index (χ2v) is 3.85. The van der Waals surface area contributed by atoms with E-state index in [0.29, 0.717) is 0 Å². The molecule has 1 aliphatic heterocycles. The Morgan fingerprint density at radius 2 is 2.28 bits per heavy atom. The fourth-order valence-electron chi connectivity index (χ4n) is 1.46. The summed E-state index contributed by atoms with van der Waals surface area (Å²) in [6.07, 6.45) is 1.96. The second kappa shape index (κ2) is 5.95. The van der Waals surface area contributed by atoms with Crippen LogP contribution < -0.4 is 5.32 Å². The fourth-order valence-corrected chi connectivity index (χ4v) is 1.46. The van der Waals surface area contributed by atoms with Gasteiger partial charge in [0.2, 0.25) is 5.91 Å². The van der Waals surface area contributed by atoms with Crippen molar-refractivity contribution < 1.29 is 19.5 Å². The Morgan fingerprint density at radius 1 is 1.61 bits per heavy atom. The summed E-state index contributed by atoms with van der Waals surface area (Å²) in [7, 11) is 1.45. The van der Waals surface area contributed by atoms with Gasteiger partial charge in [-0.1, -0.05) is 6.08 Å². The molecule has 7 nitrogen and oxygen atoms in total. The van der Waals surface area contributed by atoms with Crippen molar-refractivity contribution in [1.29, 1.82) is 0 Å². The van der Waals surface area contributed by atoms with Crippen molar-refractivity contribution in [3.63, 3.8) is 0 Å². The first-order valence-electron chi connectivity index (χ1n) is 5.44. The van der Waals surface area contributed by atoms with Crippen molar-refractivity contribution in [3.05, 3.63) is 12.7 Å². The highest BCUT2D eigenvalue weighted by molar-refractivity contribution is 6.39. The Balaban J connectivity index is 2.70. The third-order valence-electron chi connectivity index (χ3n) is 2.48. The molecule has 0 spiro atoms. The van der Waals surface area contributed by atoms with E-state index < -0.39 is 17.9 Å². The zero-order valence-corrected chi connectivity index (χ0v) is 10.0. The van der Waals surface area contributed by atoms with Gasteiger partial charge < -0.3 is 10.4 Å². The SMILES string of the molecule is C=CCC(NC(=O)C1=NN(C)C(=O)CC1)C(=O)O. The lowest BCUT2D eigenvalue weighted by atomic mass is 10.1. The van der Waals surface area contributed by atoms with Gasteiger partial charge >= 0.3 is 5.97 Å². The number of rotatable bonds is 5. The molecule has 2 N–H and O–H groups in total. The van der Waals surface area contributed by atoms with E-state index in [1.54, 1.807) is 0 Å². The molecule has 0 aromatic rings. The van der Waals surface area contributed by atoms with Crippen molar-refractivity contribution in [3.8, 4) is 0 Å². The van der Waals surface area contributed by atoms with Gasteiger partial charge in [-0.05, 0) is 6.42 Å². The van der Waals surface area contributed by atoms with E-state index in [0.717, 1.165) is 5.01 Å². The van der Waals surface area contributed by atoms with Crippen molar-refractivity contribution in [2.45, 2.75) is 25.3 Å². The Morgan fingerprint density at radius 3 is 2.78 bits per heavy atom. The van der Waals surface area contributed by atoms with Gasteiger partial charge in [-0.3, -0.25) is 9.59 Å². The number of nitrogens with zero attached hydrogens (tertiary/aromatic N) is 2. The number of carboxylic acid groups (broad SMARTS) is 1. The average molecular weight is 253 g/mol. The summed E-state index contributed by atoms with van der Waals surface area (Å²) in [4.78, 5) is 33.8. The highest BCUT2D eigenvalue weighted by Gasteiger charge is 2.25. The van der Waals surface area contributed by atoms with Gasteiger partial charge in [0, 0.05) is 19.9 Å². The molecule has 0 saturated carbocycles. The predicted octanol–water partition coefficient (Wildman–Crippen LogP) is -0.260. The summed E-state index contributed by atoms with van der Waals surface area (Å²) in [5.74, 6) is -1.87. The van der Waals surface area contributed by atoms with Crippen LogP contribution in [0, 0.1) is 0 Å². The Bertz CT molecular complexity index is 417. The lowest BCUT2D eigenvalue weighted by Crippen LogP contribution is -2.45. The first kappa shape index (κ1) is 13.9. The van der Waals surface area contributed by atoms with Gasteiger partial charge in [-0.2, -0.15) is 5.10 Å². The standard InChI is InChI=1S/C11H15N3O4/c1-3-4-8(11(17)18)12-10(16)7-5-6-9(15)14(2)13-7/h3,8H,1,4-6H2,2H3,(H,12,16)(H,17,18). The van der Waals surface area contributed by atoms with Crippen molar-refractivity contribution in [1.82, 2.24) is 10.3 Å². The maximum Gasteiger partial charge on any atom is 0.326 e. The van der Waals surface area contributed by atoms with Gasteiger partial charge in [0.25, 0.3) is 5.91 Å². The lowest BCUT2D eigenvalue weighted by molar-refractivity contribution is -0.141. The van der Waals surface area contributed by atoms with Crippen molar-refractivity contribution in [2.75, 3.05) is 7.05 Å². The molecule has 18 heavy (non-hydrogen) atoms. The number of amides is 2. The number of carbonyl (C=O) groups excluding carboxylic acids is 2.